The molecule has 0 saturated heterocycles. The molecule has 4 rings (SSSR count). The Morgan fingerprint density at radius 1 is 0.926 bits per heavy atom. The highest BCUT2D eigenvalue weighted by atomic mass is 16.2. The van der Waals surface area contributed by atoms with Crippen molar-refractivity contribution < 1.29 is 4.79 Å². The molecular weight excluding hydrogens is 342 g/mol. The van der Waals surface area contributed by atoms with E-state index in [0.717, 1.165) is 18.4 Å². The minimum atomic E-state index is -0.729. The van der Waals surface area contributed by atoms with E-state index in [9.17, 15) is 14.4 Å². The summed E-state index contributed by atoms with van der Waals surface area (Å²) in [5.41, 5.74) is 1.05. The van der Waals surface area contributed by atoms with Crippen LogP contribution >= 0.6 is 0 Å². The molecule has 3 N–H and O–H groups in total. The zero-order valence-corrected chi connectivity index (χ0v) is 14.8. The van der Waals surface area contributed by atoms with Crippen molar-refractivity contribution in [3.05, 3.63) is 80.4 Å². The number of amides is 1. The minimum absolute atomic E-state index is 0.0356. The van der Waals surface area contributed by atoms with Crippen LogP contribution in [0.15, 0.2) is 58.1 Å². The number of hydrogen-bond acceptors (Lipinski definition) is 3. The van der Waals surface area contributed by atoms with Crippen LogP contribution in [0.5, 0.6) is 0 Å². The molecule has 6 heteroatoms. The summed E-state index contributed by atoms with van der Waals surface area (Å²) in [6, 6.07) is 14.9. The third-order valence-corrected chi connectivity index (χ3v) is 5.30. The number of fused-ring (bicyclic) bond motifs is 1. The number of hydrogen-bond donors (Lipinski definition) is 3. The zero-order chi connectivity index (χ0) is 18.8. The van der Waals surface area contributed by atoms with Crippen molar-refractivity contribution in [3.8, 4) is 0 Å². The van der Waals surface area contributed by atoms with Crippen LogP contribution in [0.3, 0.4) is 0 Å². The fraction of sp³-hybridized carbons (Fsp3) is 0.286. The summed E-state index contributed by atoms with van der Waals surface area (Å²) in [5.74, 6) is 0.234. The van der Waals surface area contributed by atoms with Crippen molar-refractivity contribution in [2.45, 2.75) is 31.7 Å². The van der Waals surface area contributed by atoms with Crippen LogP contribution in [0.25, 0.3) is 11.0 Å². The first-order valence-corrected chi connectivity index (χ1v) is 9.24. The number of carbonyl (C=O) groups is 1. The molecule has 138 valence electrons. The third-order valence-electron chi connectivity index (χ3n) is 5.30. The second-order valence-electron chi connectivity index (χ2n) is 7.07. The summed E-state index contributed by atoms with van der Waals surface area (Å²) in [6.07, 6.45) is 4.58. The van der Waals surface area contributed by atoms with Gasteiger partial charge in [-0.2, -0.15) is 0 Å². The lowest BCUT2D eigenvalue weighted by atomic mass is 9.91. The quantitative estimate of drug-likeness (QED) is 0.622. The Hall–Kier alpha value is -3.15. The second kappa shape index (κ2) is 7.23. The lowest BCUT2D eigenvalue weighted by Crippen LogP contribution is -2.33. The molecule has 27 heavy (non-hydrogen) atoms. The van der Waals surface area contributed by atoms with Gasteiger partial charge in [-0.3, -0.25) is 14.4 Å². The van der Waals surface area contributed by atoms with Crippen LogP contribution in [0.1, 0.15) is 47.6 Å². The summed E-state index contributed by atoms with van der Waals surface area (Å²) in [7, 11) is 0. The first-order chi connectivity index (χ1) is 13.1. The van der Waals surface area contributed by atoms with E-state index in [1.54, 1.807) is 18.2 Å². The highest BCUT2D eigenvalue weighted by molar-refractivity contribution is 5.97. The Balaban J connectivity index is 1.64. The smallest absolute Gasteiger partial charge is 0.314 e. The molecule has 1 aliphatic rings. The first-order valence-electron chi connectivity index (χ1n) is 9.24. The van der Waals surface area contributed by atoms with Crippen LogP contribution in [-0.4, -0.2) is 15.9 Å². The molecule has 1 heterocycles. The van der Waals surface area contributed by atoms with Gasteiger partial charge in [-0.25, -0.2) is 0 Å². The van der Waals surface area contributed by atoms with Crippen molar-refractivity contribution in [3.63, 3.8) is 0 Å². The molecule has 1 amide bonds. The molecule has 0 bridgehead atoms. The lowest BCUT2D eigenvalue weighted by Gasteiger charge is -2.25. The van der Waals surface area contributed by atoms with Crippen molar-refractivity contribution in [2.75, 3.05) is 0 Å². The van der Waals surface area contributed by atoms with Gasteiger partial charge in [0.25, 0.3) is 5.91 Å². The number of H-pyrrole nitrogens is 2. The van der Waals surface area contributed by atoms with Gasteiger partial charge in [0, 0.05) is 5.56 Å². The summed E-state index contributed by atoms with van der Waals surface area (Å²) in [5, 5.41) is 3.18. The molecule has 2 aromatic carbocycles. The van der Waals surface area contributed by atoms with E-state index >= 15 is 0 Å². The van der Waals surface area contributed by atoms with Gasteiger partial charge in [-0.15, -0.1) is 0 Å². The number of carbonyl (C=O) groups excluding carboxylic acids is 1. The van der Waals surface area contributed by atoms with Gasteiger partial charge in [-0.05, 0) is 42.5 Å². The fourth-order valence-electron chi connectivity index (χ4n) is 3.91. The largest absolute Gasteiger partial charge is 0.345 e. The molecule has 1 saturated carbocycles. The summed E-state index contributed by atoms with van der Waals surface area (Å²) in [4.78, 5) is 40.9. The average Bonchev–Trinajstić information content (AvgIpc) is 3.21. The van der Waals surface area contributed by atoms with Crippen molar-refractivity contribution in [1.29, 1.82) is 0 Å². The molecule has 0 radical (unpaired) electrons. The molecule has 1 aliphatic carbocycles. The molecule has 0 spiro atoms. The Labute approximate surface area is 155 Å². The predicted octanol–water partition coefficient (Wildman–Crippen LogP) is 2.88. The molecule has 1 fully saturated rings. The van der Waals surface area contributed by atoms with Crippen LogP contribution in [-0.2, 0) is 0 Å². The van der Waals surface area contributed by atoms with E-state index in [4.69, 9.17) is 0 Å². The Morgan fingerprint density at radius 3 is 2.30 bits per heavy atom. The van der Waals surface area contributed by atoms with Crippen molar-refractivity contribution in [2.24, 2.45) is 5.92 Å². The number of aromatic nitrogens is 2. The molecule has 3 aromatic rings. The Bertz CT molecular complexity index is 1080. The Morgan fingerprint density at radius 2 is 1.59 bits per heavy atom. The van der Waals surface area contributed by atoms with Crippen molar-refractivity contribution in [1.82, 2.24) is 15.3 Å². The van der Waals surface area contributed by atoms with Gasteiger partial charge in [0.2, 0.25) is 0 Å². The summed E-state index contributed by atoms with van der Waals surface area (Å²) >= 11 is 0. The van der Waals surface area contributed by atoms with Gasteiger partial charge in [0.1, 0.15) is 0 Å². The first kappa shape index (κ1) is 17.3. The SMILES string of the molecule is O=C(NC(c1ccccc1)C1CCCC1)c1ccc2[nH]c(=O)c(=O)[nH]c2c1. The maximum absolute atomic E-state index is 12.9. The third kappa shape index (κ3) is 3.56. The summed E-state index contributed by atoms with van der Waals surface area (Å²) < 4.78 is 0. The fourth-order valence-corrected chi connectivity index (χ4v) is 3.91. The van der Waals surface area contributed by atoms with E-state index in [-0.39, 0.29) is 11.9 Å². The maximum Gasteiger partial charge on any atom is 0.314 e. The van der Waals surface area contributed by atoms with Gasteiger partial charge >= 0.3 is 11.1 Å². The Kier molecular flexibility index (Phi) is 4.62. The monoisotopic (exact) mass is 363 g/mol. The number of benzene rings is 2. The van der Waals surface area contributed by atoms with E-state index in [0.29, 0.717) is 22.5 Å². The highest BCUT2D eigenvalue weighted by Crippen LogP contribution is 2.35. The van der Waals surface area contributed by atoms with E-state index in [2.05, 4.69) is 15.3 Å². The molecule has 1 unspecified atom stereocenters. The predicted molar refractivity (Wildman–Crippen MR) is 104 cm³/mol. The van der Waals surface area contributed by atoms with Crippen LogP contribution in [0.4, 0.5) is 0 Å². The maximum atomic E-state index is 12.9. The van der Waals surface area contributed by atoms with Gasteiger partial charge < -0.3 is 15.3 Å². The standard InChI is InChI=1S/C21H21N3O3/c25-19(15-10-11-16-17(12-15)23-21(27)20(26)22-16)24-18(14-8-4-5-9-14)13-6-2-1-3-7-13/h1-3,6-7,10-12,14,18H,4-5,8-9H2,(H,22,26)(H,23,27)(H,24,25). The average molecular weight is 363 g/mol. The normalized spacial score (nSPS) is 15.7. The van der Waals surface area contributed by atoms with E-state index < -0.39 is 11.1 Å². The van der Waals surface area contributed by atoms with Gasteiger partial charge in [0.15, 0.2) is 0 Å². The highest BCUT2D eigenvalue weighted by Gasteiger charge is 2.28. The molecule has 1 atom stereocenters. The van der Waals surface area contributed by atoms with Gasteiger partial charge in [0.05, 0.1) is 17.1 Å². The molecule has 1 aromatic heterocycles. The number of aromatic amines is 2. The number of nitrogens with one attached hydrogen (secondary N) is 3. The van der Waals surface area contributed by atoms with Crippen LogP contribution < -0.4 is 16.4 Å². The molecule has 6 nitrogen and oxygen atoms in total. The second-order valence-corrected chi connectivity index (χ2v) is 7.07. The van der Waals surface area contributed by atoms with Crippen molar-refractivity contribution >= 4 is 16.9 Å². The van der Waals surface area contributed by atoms with Crippen LogP contribution in [0, 0.1) is 5.92 Å². The summed E-state index contributed by atoms with van der Waals surface area (Å²) in [6.45, 7) is 0. The zero-order valence-electron chi connectivity index (χ0n) is 14.8. The number of rotatable bonds is 4. The minimum Gasteiger partial charge on any atom is -0.345 e. The molecule has 0 aliphatic heterocycles. The van der Waals surface area contributed by atoms with E-state index in [1.807, 2.05) is 30.3 Å². The topological polar surface area (TPSA) is 94.8 Å². The molecular formula is C21H21N3O3. The lowest BCUT2D eigenvalue weighted by molar-refractivity contribution is 0.0922. The van der Waals surface area contributed by atoms with Crippen LogP contribution in [0.2, 0.25) is 0 Å². The van der Waals surface area contributed by atoms with E-state index in [1.165, 1.54) is 12.8 Å². The van der Waals surface area contributed by atoms with Gasteiger partial charge in [-0.1, -0.05) is 43.2 Å².